The zero-order valence-corrected chi connectivity index (χ0v) is 9.81. The fraction of sp³-hybridized carbons (Fsp3) is 0.900. The summed E-state index contributed by atoms with van der Waals surface area (Å²) in [7, 11) is 0. The zero-order valence-electron chi connectivity index (χ0n) is 8.99. The fourth-order valence-corrected chi connectivity index (χ4v) is 3.83. The molecule has 0 amide bonds. The smallest absolute Gasteiger partial charge is 0.192 e. The van der Waals surface area contributed by atoms with Crippen LogP contribution in [-0.4, -0.2) is 40.5 Å². The van der Waals surface area contributed by atoms with E-state index in [1.807, 2.05) is 11.8 Å². The largest absolute Gasteiger partial charge is 0.370 e. The summed E-state index contributed by atoms with van der Waals surface area (Å²) in [4.78, 5) is 6.80. The van der Waals surface area contributed by atoms with E-state index in [1.54, 1.807) is 0 Å². The van der Waals surface area contributed by atoms with E-state index in [-0.39, 0.29) is 5.54 Å². The fourth-order valence-electron chi connectivity index (χ4n) is 2.41. The van der Waals surface area contributed by atoms with Gasteiger partial charge in [-0.1, -0.05) is 6.92 Å². The molecule has 80 valence electrons. The van der Waals surface area contributed by atoms with Crippen molar-refractivity contribution in [1.82, 2.24) is 4.90 Å². The molecule has 0 aromatic rings. The van der Waals surface area contributed by atoms with Gasteiger partial charge in [-0.15, -0.1) is 0 Å². The number of guanidine groups is 1. The van der Waals surface area contributed by atoms with Gasteiger partial charge in [0.1, 0.15) is 0 Å². The molecule has 2 aliphatic heterocycles. The van der Waals surface area contributed by atoms with Crippen LogP contribution in [0.4, 0.5) is 0 Å². The van der Waals surface area contributed by atoms with Gasteiger partial charge >= 0.3 is 0 Å². The van der Waals surface area contributed by atoms with E-state index in [0.29, 0.717) is 6.04 Å². The molecule has 0 aromatic carbocycles. The summed E-state index contributed by atoms with van der Waals surface area (Å²) >= 11 is 2.03. The molecule has 1 saturated heterocycles. The van der Waals surface area contributed by atoms with Crippen molar-refractivity contribution in [2.24, 2.45) is 10.7 Å². The molecule has 0 saturated carbocycles. The molecule has 2 unspecified atom stereocenters. The Labute approximate surface area is 90.1 Å². The van der Waals surface area contributed by atoms with Crippen LogP contribution in [0, 0.1) is 0 Å². The van der Waals surface area contributed by atoms with Gasteiger partial charge in [-0.25, -0.2) is 0 Å². The van der Waals surface area contributed by atoms with Crippen molar-refractivity contribution in [3.8, 4) is 0 Å². The lowest BCUT2D eigenvalue weighted by atomic mass is 9.96. The van der Waals surface area contributed by atoms with Crippen LogP contribution in [0.3, 0.4) is 0 Å². The van der Waals surface area contributed by atoms with Crippen molar-refractivity contribution in [3.63, 3.8) is 0 Å². The number of hydrogen-bond donors (Lipinski definition) is 1. The third-order valence-corrected chi connectivity index (χ3v) is 4.64. The molecule has 1 fully saturated rings. The predicted octanol–water partition coefficient (Wildman–Crippen LogP) is 1.29. The first-order valence-corrected chi connectivity index (χ1v) is 6.52. The molecule has 2 N–H and O–H groups in total. The predicted molar refractivity (Wildman–Crippen MR) is 62.8 cm³/mol. The van der Waals surface area contributed by atoms with E-state index >= 15 is 0 Å². The molecule has 2 atom stereocenters. The molecule has 3 nitrogen and oxygen atoms in total. The molecule has 4 heteroatoms. The third kappa shape index (κ3) is 1.40. The van der Waals surface area contributed by atoms with Crippen molar-refractivity contribution < 1.29 is 0 Å². The zero-order chi connectivity index (χ0) is 10.2. The molecular formula is C10H19N3S. The molecule has 0 aromatic heterocycles. The molecule has 0 aliphatic carbocycles. The summed E-state index contributed by atoms with van der Waals surface area (Å²) in [5, 5.41) is 0. The van der Waals surface area contributed by atoms with E-state index in [4.69, 9.17) is 5.73 Å². The maximum Gasteiger partial charge on any atom is 0.192 e. The van der Waals surface area contributed by atoms with Crippen molar-refractivity contribution in [1.29, 1.82) is 0 Å². The van der Waals surface area contributed by atoms with Gasteiger partial charge in [-0.05, 0) is 25.5 Å². The van der Waals surface area contributed by atoms with E-state index < -0.39 is 0 Å². The second-order valence-electron chi connectivity index (χ2n) is 4.33. The van der Waals surface area contributed by atoms with E-state index in [0.717, 1.165) is 18.9 Å². The van der Waals surface area contributed by atoms with E-state index in [9.17, 15) is 0 Å². The summed E-state index contributed by atoms with van der Waals surface area (Å²) in [5.74, 6) is 3.22. The van der Waals surface area contributed by atoms with Crippen molar-refractivity contribution in [3.05, 3.63) is 0 Å². The normalized spacial score (nSPS) is 33.9. The summed E-state index contributed by atoms with van der Waals surface area (Å²) in [6.07, 6.45) is 2.38. The van der Waals surface area contributed by atoms with Crippen LogP contribution >= 0.6 is 11.8 Å². The van der Waals surface area contributed by atoms with Gasteiger partial charge in [0.15, 0.2) is 5.96 Å². The molecule has 14 heavy (non-hydrogen) atoms. The second-order valence-corrected chi connectivity index (χ2v) is 5.43. The minimum Gasteiger partial charge on any atom is -0.370 e. The maximum atomic E-state index is 5.98. The molecule has 0 radical (unpaired) electrons. The Morgan fingerprint density at radius 3 is 3.07 bits per heavy atom. The van der Waals surface area contributed by atoms with Crippen molar-refractivity contribution in [2.45, 2.75) is 38.3 Å². The van der Waals surface area contributed by atoms with Crippen molar-refractivity contribution >= 4 is 17.7 Å². The highest BCUT2D eigenvalue weighted by Gasteiger charge is 2.46. The van der Waals surface area contributed by atoms with Crippen LogP contribution in [0.2, 0.25) is 0 Å². The summed E-state index contributed by atoms with van der Waals surface area (Å²) < 4.78 is 0. The van der Waals surface area contributed by atoms with Gasteiger partial charge in [0, 0.05) is 11.8 Å². The monoisotopic (exact) mass is 213 g/mol. The van der Waals surface area contributed by atoms with E-state index in [1.165, 1.54) is 17.9 Å². The highest BCUT2D eigenvalue weighted by Crippen LogP contribution is 2.38. The Morgan fingerprint density at radius 2 is 2.50 bits per heavy atom. The number of rotatable bonds is 2. The number of thioether (sulfide) groups is 1. The Hall–Kier alpha value is -0.380. The Bertz CT molecular complexity index is 246. The van der Waals surface area contributed by atoms with Crippen LogP contribution in [0.5, 0.6) is 0 Å². The summed E-state index contributed by atoms with van der Waals surface area (Å²) in [6, 6.07) is 0.528. The second kappa shape index (κ2) is 3.65. The molecule has 1 spiro atoms. The lowest BCUT2D eigenvalue weighted by molar-refractivity contribution is 0.177. The third-order valence-electron chi connectivity index (χ3n) is 3.41. The molecule has 2 rings (SSSR count). The molecular weight excluding hydrogens is 194 g/mol. The summed E-state index contributed by atoms with van der Waals surface area (Å²) in [6.45, 7) is 5.38. The SMILES string of the molecule is CCC(C)N1C(N)=NCC12CCSC2. The average Bonchev–Trinajstić information content (AvgIpc) is 2.76. The van der Waals surface area contributed by atoms with Gasteiger partial charge in [0.2, 0.25) is 0 Å². The average molecular weight is 213 g/mol. The van der Waals surface area contributed by atoms with Gasteiger partial charge in [0.05, 0.1) is 12.1 Å². The molecule has 2 aliphatic rings. The number of aliphatic imine (C=N–C) groups is 1. The van der Waals surface area contributed by atoms with Crippen molar-refractivity contribution in [2.75, 3.05) is 18.1 Å². The topological polar surface area (TPSA) is 41.6 Å². The quantitative estimate of drug-likeness (QED) is 0.751. The minimum absolute atomic E-state index is 0.268. The lowest BCUT2D eigenvalue weighted by Gasteiger charge is -2.39. The highest BCUT2D eigenvalue weighted by atomic mass is 32.2. The Balaban J connectivity index is 2.20. The Morgan fingerprint density at radius 1 is 1.71 bits per heavy atom. The molecule has 0 bridgehead atoms. The first kappa shape index (κ1) is 10.1. The number of nitrogens with zero attached hydrogens (tertiary/aromatic N) is 2. The highest BCUT2D eigenvalue weighted by molar-refractivity contribution is 7.99. The standard InChI is InChI=1S/C10H19N3S/c1-3-8(2)13-9(11)12-6-10(13)4-5-14-7-10/h8H,3-7H2,1-2H3,(H2,11,12). The van der Waals surface area contributed by atoms with Crippen LogP contribution in [0.15, 0.2) is 4.99 Å². The van der Waals surface area contributed by atoms with Crippen LogP contribution < -0.4 is 5.73 Å². The minimum atomic E-state index is 0.268. The first-order valence-electron chi connectivity index (χ1n) is 5.36. The van der Waals surface area contributed by atoms with Crippen LogP contribution in [0.25, 0.3) is 0 Å². The van der Waals surface area contributed by atoms with Crippen LogP contribution in [0.1, 0.15) is 26.7 Å². The van der Waals surface area contributed by atoms with Gasteiger partial charge < -0.3 is 10.6 Å². The number of hydrogen-bond acceptors (Lipinski definition) is 4. The van der Waals surface area contributed by atoms with Crippen LogP contribution in [-0.2, 0) is 0 Å². The van der Waals surface area contributed by atoms with E-state index in [2.05, 4.69) is 23.7 Å². The maximum absolute atomic E-state index is 5.98. The molecule has 2 heterocycles. The van der Waals surface area contributed by atoms with Gasteiger partial charge in [0.25, 0.3) is 0 Å². The Kier molecular flexibility index (Phi) is 2.64. The number of nitrogens with two attached hydrogens (primary N) is 1. The summed E-state index contributed by atoms with van der Waals surface area (Å²) in [5.41, 5.74) is 6.24. The first-order chi connectivity index (χ1) is 6.69. The van der Waals surface area contributed by atoms with Gasteiger partial charge in [-0.3, -0.25) is 4.99 Å². The lowest BCUT2D eigenvalue weighted by Crippen LogP contribution is -2.55. The van der Waals surface area contributed by atoms with Gasteiger partial charge in [-0.2, -0.15) is 11.8 Å².